The van der Waals surface area contributed by atoms with Gasteiger partial charge in [-0.25, -0.2) is 4.98 Å². The molecule has 0 saturated carbocycles. The van der Waals surface area contributed by atoms with E-state index >= 15 is 0 Å². The molecule has 0 N–H and O–H groups in total. The van der Waals surface area contributed by atoms with Crippen LogP contribution in [0, 0.1) is 20.8 Å². The van der Waals surface area contributed by atoms with Crippen LogP contribution in [-0.2, 0) is 19.3 Å². The first-order valence-corrected chi connectivity index (χ1v) is 12.7. The number of fused-ring (bicyclic) bond motifs is 1. The average Bonchev–Trinajstić information content (AvgIpc) is 2.86. The molecule has 0 aliphatic carbocycles. The highest BCUT2D eigenvalue weighted by Gasteiger charge is 2.34. The standard InChI is InChI=1S/C31H31F3N4O2/c1-7-10-27(37(5)6)23-16-21(4)36-29-22(23)11-8-13-28(29)40-18-24-19(2)15-20(3)35-26(24)17-38-14-9-12-25(30(38)39)31(32,33)34/h7-16H,1,17-18H2,2-6H3/b27-10-. The van der Waals surface area contributed by atoms with Crippen molar-refractivity contribution in [2.75, 3.05) is 14.1 Å². The number of hydrogen-bond donors (Lipinski definition) is 0. The Morgan fingerprint density at radius 1 is 1.07 bits per heavy atom. The van der Waals surface area contributed by atoms with Gasteiger partial charge in [0.1, 0.15) is 23.4 Å². The van der Waals surface area contributed by atoms with Gasteiger partial charge in [0, 0.05) is 53.9 Å². The smallest absolute Gasteiger partial charge is 0.421 e. The number of para-hydroxylation sites is 1. The van der Waals surface area contributed by atoms with E-state index in [1.807, 2.05) is 69.3 Å². The van der Waals surface area contributed by atoms with Gasteiger partial charge in [-0.05, 0) is 62.7 Å². The second-order valence-corrected chi connectivity index (χ2v) is 9.79. The van der Waals surface area contributed by atoms with E-state index in [1.54, 1.807) is 13.0 Å². The fourth-order valence-electron chi connectivity index (χ4n) is 4.73. The zero-order valence-corrected chi connectivity index (χ0v) is 23.1. The van der Waals surface area contributed by atoms with Crippen LogP contribution in [0.1, 0.15) is 39.3 Å². The van der Waals surface area contributed by atoms with E-state index in [2.05, 4.69) is 11.6 Å². The summed E-state index contributed by atoms with van der Waals surface area (Å²) >= 11 is 0. The van der Waals surface area contributed by atoms with Crippen LogP contribution in [0.2, 0.25) is 0 Å². The van der Waals surface area contributed by atoms with Gasteiger partial charge < -0.3 is 14.2 Å². The fourth-order valence-corrected chi connectivity index (χ4v) is 4.73. The molecule has 0 unspecified atom stereocenters. The first-order chi connectivity index (χ1) is 18.9. The summed E-state index contributed by atoms with van der Waals surface area (Å²) in [5.41, 5.74) is 3.82. The lowest BCUT2D eigenvalue weighted by Crippen LogP contribution is -2.29. The van der Waals surface area contributed by atoms with Crippen LogP contribution in [0.25, 0.3) is 16.6 Å². The number of hydrogen-bond acceptors (Lipinski definition) is 5. The summed E-state index contributed by atoms with van der Waals surface area (Å²) in [6, 6.07) is 11.6. The van der Waals surface area contributed by atoms with E-state index in [1.165, 1.54) is 12.3 Å². The largest absolute Gasteiger partial charge is 0.487 e. The Hall–Kier alpha value is -4.40. The Bertz CT molecular complexity index is 1670. The van der Waals surface area contributed by atoms with Crippen molar-refractivity contribution in [2.45, 2.75) is 40.1 Å². The molecule has 4 rings (SSSR count). The molecule has 40 heavy (non-hydrogen) atoms. The van der Waals surface area contributed by atoms with Gasteiger partial charge >= 0.3 is 6.18 Å². The maximum atomic E-state index is 13.3. The Kier molecular flexibility index (Phi) is 8.13. The molecule has 0 aliphatic heterocycles. The number of halogens is 3. The topological polar surface area (TPSA) is 60.3 Å². The normalized spacial score (nSPS) is 12.1. The Labute approximate surface area is 231 Å². The maximum absolute atomic E-state index is 13.3. The minimum absolute atomic E-state index is 0.0925. The molecular formula is C31H31F3N4O2. The third-order valence-electron chi connectivity index (χ3n) is 6.54. The molecule has 6 nitrogen and oxygen atoms in total. The van der Waals surface area contributed by atoms with Crippen molar-refractivity contribution >= 4 is 16.6 Å². The van der Waals surface area contributed by atoms with Gasteiger partial charge in [-0.2, -0.15) is 13.2 Å². The van der Waals surface area contributed by atoms with Gasteiger partial charge in [-0.3, -0.25) is 9.78 Å². The summed E-state index contributed by atoms with van der Waals surface area (Å²) in [5.74, 6) is 0.557. The van der Waals surface area contributed by atoms with Gasteiger partial charge in [0.2, 0.25) is 0 Å². The second-order valence-electron chi connectivity index (χ2n) is 9.79. The van der Waals surface area contributed by atoms with E-state index in [0.29, 0.717) is 28.2 Å². The average molecular weight is 549 g/mol. The summed E-state index contributed by atoms with van der Waals surface area (Å²) in [6.07, 6.45) is 0.264. The third kappa shape index (κ3) is 5.93. The number of aromatic nitrogens is 3. The number of alkyl halides is 3. The second kappa shape index (κ2) is 11.4. The molecule has 0 aliphatic rings. The van der Waals surface area contributed by atoms with E-state index in [-0.39, 0.29) is 13.2 Å². The van der Waals surface area contributed by atoms with Gasteiger partial charge in [0.25, 0.3) is 5.56 Å². The predicted octanol–water partition coefficient (Wildman–Crippen LogP) is 6.45. The number of benzene rings is 1. The highest BCUT2D eigenvalue weighted by molar-refractivity contribution is 5.94. The number of ether oxygens (including phenoxy) is 1. The molecular weight excluding hydrogens is 517 g/mol. The molecule has 0 fully saturated rings. The molecule has 0 amide bonds. The van der Waals surface area contributed by atoms with Crippen LogP contribution < -0.4 is 10.3 Å². The number of aryl methyl sites for hydroxylation is 3. The Balaban J connectivity index is 1.74. The summed E-state index contributed by atoms with van der Waals surface area (Å²) in [6.45, 7) is 9.41. The van der Waals surface area contributed by atoms with Crippen molar-refractivity contribution in [3.8, 4) is 5.75 Å². The minimum atomic E-state index is -4.74. The SMILES string of the molecule is C=C/C=C(/c1cc(C)nc2c(OCc3c(C)cc(C)nc3Cn3cccc(C(F)(F)F)c3=O)cccc12)N(C)C. The van der Waals surface area contributed by atoms with Crippen LogP contribution >= 0.6 is 0 Å². The highest BCUT2D eigenvalue weighted by atomic mass is 19.4. The molecule has 208 valence electrons. The van der Waals surface area contributed by atoms with Crippen LogP contribution in [-0.4, -0.2) is 33.5 Å². The zero-order chi connectivity index (χ0) is 29.2. The first-order valence-electron chi connectivity index (χ1n) is 12.7. The van der Waals surface area contributed by atoms with E-state index < -0.39 is 17.3 Å². The van der Waals surface area contributed by atoms with Gasteiger partial charge in [0.15, 0.2) is 0 Å². The molecule has 1 aromatic carbocycles. The summed E-state index contributed by atoms with van der Waals surface area (Å²) in [7, 11) is 3.92. The Morgan fingerprint density at radius 2 is 1.80 bits per heavy atom. The summed E-state index contributed by atoms with van der Waals surface area (Å²) < 4.78 is 47.3. The number of nitrogens with zero attached hydrogens (tertiary/aromatic N) is 4. The van der Waals surface area contributed by atoms with Crippen molar-refractivity contribution in [3.63, 3.8) is 0 Å². The molecule has 0 spiro atoms. The molecule has 0 saturated heterocycles. The molecule has 3 aromatic heterocycles. The third-order valence-corrected chi connectivity index (χ3v) is 6.54. The quantitative estimate of drug-likeness (QED) is 0.237. The van der Waals surface area contributed by atoms with Crippen molar-refractivity contribution in [1.82, 2.24) is 19.4 Å². The summed E-state index contributed by atoms with van der Waals surface area (Å²) in [4.78, 5) is 23.9. The van der Waals surface area contributed by atoms with E-state index in [4.69, 9.17) is 9.72 Å². The molecule has 4 aromatic rings. The maximum Gasteiger partial charge on any atom is 0.421 e. The number of rotatable bonds is 8. The molecule has 3 heterocycles. The molecule has 0 radical (unpaired) electrons. The Morgan fingerprint density at radius 3 is 2.48 bits per heavy atom. The molecule has 0 atom stereocenters. The van der Waals surface area contributed by atoms with Gasteiger partial charge in [-0.15, -0.1) is 0 Å². The van der Waals surface area contributed by atoms with Gasteiger partial charge in [0.05, 0.1) is 12.2 Å². The van der Waals surface area contributed by atoms with E-state index in [9.17, 15) is 18.0 Å². The van der Waals surface area contributed by atoms with Crippen molar-refractivity contribution in [2.24, 2.45) is 0 Å². The lowest BCUT2D eigenvalue weighted by molar-refractivity contribution is -0.138. The van der Waals surface area contributed by atoms with E-state index in [0.717, 1.165) is 38.5 Å². The van der Waals surface area contributed by atoms with Gasteiger partial charge in [-0.1, -0.05) is 24.8 Å². The van der Waals surface area contributed by atoms with Crippen molar-refractivity contribution < 1.29 is 17.9 Å². The van der Waals surface area contributed by atoms with Crippen LogP contribution in [0.3, 0.4) is 0 Å². The highest BCUT2D eigenvalue weighted by Crippen LogP contribution is 2.32. The first kappa shape index (κ1) is 28.6. The molecule has 9 heteroatoms. The summed E-state index contributed by atoms with van der Waals surface area (Å²) in [5, 5.41) is 0.902. The van der Waals surface area contributed by atoms with Crippen molar-refractivity contribution in [1.29, 1.82) is 0 Å². The lowest BCUT2D eigenvalue weighted by atomic mass is 10.0. The zero-order valence-electron chi connectivity index (χ0n) is 23.1. The van der Waals surface area contributed by atoms with Crippen LogP contribution in [0.4, 0.5) is 13.2 Å². The number of pyridine rings is 3. The fraction of sp³-hybridized carbons (Fsp3) is 0.258. The minimum Gasteiger partial charge on any atom is -0.487 e. The van der Waals surface area contributed by atoms with Crippen LogP contribution in [0.5, 0.6) is 5.75 Å². The monoisotopic (exact) mass is 548 g/mol. The van der Waals surface area contributed by atoms with Crippen molar-refractivity contribution in [3.05, 3.63) is 117 Å². The number of allylic oxidation sites excluding steroid dienone is 2. The molecule has 0 bridgehead atoms. The van der Waals surface area contributed by atoms with Crippen LogP contribution in [0.15, 0.2) is 72.2 Å². The predicted molar refractivity (Wildman–Crippen MR) is 151 cm³/mol. The lowest BCUT2D eigenvalue weighted by Gasteiger charge is -2.20.